The van der Waals surface area contributed by atoms with E-state index in [0.717, 1.165) is 13.1 Å². The van der Waals surface area contributed by atoms with Crippen molar-refractivity contribution in [3.05, 3.63) is 65.2 Å². The maximum Gasteiger partial charge on any atom is 0.296 e. The highest BCUT2D eigenvalue weighted by Crippen LogP contribution is 2.53. The van der Waals surface area contributed by atoms with Crippen LogP contribution in [0.4, 0.5) is 5.69 Å². The van der Waals surface area contributed by atoms with Crippen LogP contribution in [0, 0.1) is 0 Å². The summed E-state index contributed by atoms with van der Waals surface area (Å²) in [5.41, 5.74) is -0.498. The second-order valence-corrected chi connectivity index (χ2v) is 9.14. The third-order valence-electron chi connectivity index (χ3n) is 7.26. The molecule has 0 saturated carbocycles. The molecule has 9 nitrogen and oxygen atoms in total. The number of methoxy groups -OCH3 is 1. The number of hydrogen-bond acceptors (Lipinski definition) is 7. The quantitative estimate of drug-likeness (QED) is 0.375. The minimum absolute atomic E-state index is 0.190. The van der Waals surface area contributed by atoms with Gasteiger partial charge in [0.25, 0.3) is 17.6 Å². The first-order valence-corrected chi connectivity index (χ1v) is 12.0. The fourth-order valence-electron chi connectivity index (χ4n) is 5.44. The number of aliphatic hydroxyl groups is 1. The summed E-state index contributed by atoms with van der Waals surface area (Å²) in [6, 6.07) is 13.6. The Balaban J connectivity index is 1.62. The summed E-state index contributed by atoms with van der Waals surface area (Å²) >= 11 is 0. The standard InChI is InChI=1S/C27H29N3O6/c1-28-21-7-4-3-6-20(21)27(26(28)34)22(23(31)18-8-10-19(35-2)11-9-18)24(32)25(33)30(27)13-5-12-29-14-16-36-17-15-29/h3-4,6-11,31H,5,12-17H2,1-2H3/t27-/m1/s1. The minimum atomic E-state index is -1.73. The average molecular weight is 492 g/mol. The molecule has 0 unspecified atom stereocenters. The molecule has 36 heavy (non-hydrogen) atoms. The van der Waals surface area contributed by atoms with Crippen molar-refractivity contribution in [1.29, 1.82) is 0 Å². The van der Waals surface area contributed by atoms with Gasteiger partial charge in [0.2, 0.25) is 0 Å². The van der Waals surface area contributed by atoms with Gasteiger partial charge in [-0.15, -0.1) is 0 Å². The number of fused-ring (bicyclic) bond motifs is 2. The number of likely N-dealkylation sites (N-methyl/N-ethyl adjacent to an activating group) is 1. The van der Waals surface area contributed by atoms with Gasteiger partial charge in [0.15, 0.2) is 5.54 Å². The fraction of sp³-hybridized carbons (Fsp3) is 0.370. The molecule has 3 aliphatic heterocycles. The van der Waals surface area contributed by atoms with E-state index >= 15 is 0 Å². The number of rotatable bonds is 6. The first-order valence-electron chi connectivity index (χ1n) is 12.0. The highest BCUT2D eigenvalue weighted by molar-refractivity contribution is 6.50. The Morgan fingerprint density at radius 2 is 1.72 bits per heavy atom. The molecule has 1 atom stereocenters. The van der Waals surface area contributed by atoms with E-state index in [1.165, 1.54) is 16.9 Å². The van der Waals surface area contributed by atoms with Crippen molar-refractivity contribution in [2.45, 2.75) is 12.0 Å². The molecule has 5 rings (SSSR count). The van der Waals surface area contributed by atoms with Crippen LogP contribution in [-0.4, -0.2) is 86.1 Å². The number of aliphatic hydroxyl groups excluding tert-OH is 1. The molecule has 1 spiro atoms. The third-order valence-corrected chi connectivity index (χ3v) is 7.26. The first-order chi connectivity index (χ1) is 17.4. The molecular formula is C27H29N3O6. The van der Waals surface area contributed by atoms with Crippen molar-refractivity contribution in [2.75, 3.05) is 58.5 Å². The predicted molar refractivity (Wildman–Crippen MR) is 133 cm³/mol. The Morgan fingerprint density at radius 1 is 1.03 bits per heavy atom. The van der Waals surface area contributed by atoms with E-state index in [0.29, 0.717) is 48.7 Å². The maximum atomic E-state index is 14.0. The van der Waals surface area contributed by atoms with Crippen LogP contribution in [0.3, 0.4) is 0 Å². The summed E-state index contributed by atoms with van der Waals surface area (Å²) < 4.78 is 10.6. The van der Waals surface area contributed by atoms with Crippen molar-refractivity contribution in [2.24, 2.45) is 0 Å². The number of carbonyl (C=O) groups is 3. The average Bonchev–Trinajstić information content (AvgIpc) is 3.27. The van der Waals surface area contributed by atoms with Gasteiger partial charge >= 0.3 is 0 Å². The molecule has 9 heteroatoms. The van der Waals surface area contributed by atoms with Crippen molar-refractivity contribution in [3.63, 3.8) is 0 Å². The molecule has 0 bridgehead atoms. The molecule has 2 saturated heterocycles. The minimum Gasteiger partial charge on any atom is -0.507 e. The molecule has 2 fully saturated rings. The molecule has 0 aliphatic carbocycles. The summed E-state index contributed by atoms with van der Waals surface area (Å²) in [5, 5.41) is 11.4. The molecule has 3 aliphatic rings. The number of carbonyl (C=O) groups excluding carboxylic acids is 3. The summed E-state index contributed by atoms with van der Waals surface area (Å²) in [6.45, 7) is 3.80. The highest BCUT2D eigenvalue weighted by atomic mass is 16.5. The Labute approximate surface area is 209 Å². The van der Waals surface area contributed by atoms with Crippen LogP contribution in [0.2, 0.25) is 0 Å². The summed E-state index contributed by atoms with van der Waals surface area (Å²) in [5.74, 6) is -1.90. The van der Waals surface area contributed by atoms with E-state index in [9.17, 15) is 19.5 Å². The van der Waals surface area contributed by atoms with E-state index < -0.39 is 23.1 Å². The van der Waals surface area contributed by atoms with Gasteiger partial charge in [-0.3, -0.25) is 19.3 Å². The lowest BCUT2D eigenvalue weighted by Crippen LogP contribution is -2.52. The lowest BCUT2D eigenvalue weighted by atomic mass is 9.82. The van der Waals surface area contributed by atoms with Crippen LogP contribution in [0.1, 0.15) is 17.5 Å². The number of nitrogens with zero attached hydrogens (tertiary/aromatic N) is 3. The summed E-state index contributed by atoms with van der Waals surface area (Å²) in [6.07, 6.45) is 0.566. The smallest absolute Gasteiger partial charge is 0.296 e. The number of Topliss-reactive ketones (excluding diaryl/α,β-unsaturated/α-hetero) is 1. The van der Waals surface area contributed by atoms with Crippen LogP contribution in [0.25, 0.3) is 5.76 Å². The van der Waals surface area contributed by atoms with Crippen molar-refractivity contribution >= 4 is 29.0 Å². The monoisotopic (exact) mass is 491 g/mol. The van der Waals surface area contributed by atoms with Gasteiger partial charge < -0.3 is 24.4 Å². The maximum absolute atomic E-state index is 14.0. The molecule has 3 heterocycles. The Morgan fingerprint density at radius 3 is 2.42 bits per heavy atom. The number of morpholine rings is 1. The Bertz CT molecular complexity index is 1230. The topological polar surface area (TPSA) is 99.6 Å². The summed E-state index contributed by atoms with van der Waals surface area (Å²) in [4.78, 5) is 46.0. The molecule has 0 radical (unpaired) electrons. The lowest BCUT2D eigenvalue weighted by molar-refractivity contribution is -0.143. The molecule has 2 aromatic rings. The molecular weight excluding hydrogens is 462 g/mol. The first kappa shape index (κ1) is 24.0. The number of ketones is 1. The van der Waals surface area contributed by atoms with Crippen molar-refractivity contribution in [1.82, 2.24) is 9.80 Å². The number of amides is 2. The van der Waals surface area contributed by atoms with Crippen LogP contribution in [-0.2, 0) is 24.7 Å². The lowest BCUT2D eigenvalue weighted by Gasteiger charge is -2.35. The van der Waals surface area contributed by atoms with Gasteiger partial charge in [-0.1, -0.05) is 18.2 Å². The number of benzene rings is 2. The SMILES string of the molecule is COc1ccc(C(O)=C2C(=O)C(=O)N(CCCN3CCOCC3)[C@@]23C(=O)N(C)c2ccccc23)cc1. The van der Waals surface area contributed by atoms with Crippen LogP contribution >= 0.6 is 0 Å². The van der Waals surface area contributed by atoms with Crippen LogP contribution < -0.4 is 9.64 Å². The van der Waals surface area contributed by atoms with E-state index in [1.54, 1.807) is 55.6 Å². The van der Waals surface area contributed by atoms with E-state index in [2.05, 4.69) is 4.90 Å². The highest BCUT2D eigenvalue weighted by Gasteiger charge is 2.66. The second-order valence-electron chi connectivity index (χ2n) is 9.14. The third kappa shape index (κ3) is 3.58. The normalized spacial score (nSPS) is 23.6. The van der Waals surface area contributed by atoms with E-state index in [4.69, 9.17) is 9.47 Å². The zero-order valence-electron chi connectivity index (χ0n) is 20.4. The van der Waals surface area contributed by atoms with Crippen molar-refractivity contribution < 1.29 is 29.0 Å². The number of anilines is 1. The number of likely N-dealkylation sites (tertiary alicyclic amines) is 1. The van der Waals surface area contributed by atoms with Crippen LogP contribution in [0.5, 0.6) is 5.75 Å². The molecule has 2 aromatic carbocycles. The van der Waals surface area contributed by atoms with Gasteiger partial charge in [-0.25, -0.2) is 0 Å². The van der Waals surface area contributed by atoms with Gasteiger partial charge in [0.1, 0.15) is 11.5 Å². The van der Waals surface area contributed by atoms with Gasteiger partial charge in [0.05, 0.1) is 25.9 Å². The van der Waals surface area contributed by atoms with Gasteiger partial charge in [0, 0.05) is 50.0 Å². The molecule has 2 amide bonds. The second kappa shape index (κ2) is 9.40. The largest absolute Gasteiger partial charge is 0.507 e. The van der Waals surface area contributed by atoms with E-state index in [-0.39, 0.29) is 17.9 Å². The summed E-state index contributed by atoms with van der Waals surface area (Å²) in [7, 11) is 3.15. The number of para-hydroxylation sites is 1. The van der Waals surface area contributed by atoms with Gasteiger partial charge in [-0.05, 0) is 36.8 Å². The Kier molecular flexibility index (Phi) is 6.27. The fourth-order valence-corrected chi connectivity index (χ4v) is 5.44. The van der Waals surface area contributed by atoms with Gasteiger partial charge in [-0.2, -0.15) is 0 Å². The molecule has 188 valence electrons. The number of hydrogen-bond donors (Lipinski definition) is 1. The molecule has 0 aromatic heterocycles. The zero-order valence-corrected chi connectivity index (χ0v) is 20.4. The van der Waals surface area contributed by atoms with E-state index in [1.807, 2.05) is 0 Å². The number of ether oxygens (including phenoxy) is 2. The zero-order chi connectivity index (χ0) is 25.4. The van der Waals surface area contributed by atoms with Crippen molar-refractivity contribution in [3.8, 4) is 5.75 Å². The van der Waals surface area contributed by atoms with Crippen LogP contribution in [0.15, 0.2) is 54.1 Å². The predicted octanol–water partition coefficient (Wildman–Crippen LogP) is 1.97. The Hall–Kier alpha value is -3.69. The molecule has 1 N–H and O–H groups in total.